The molecule has 0 saturated carbocycles. The molecule has 1 saturated heterocycles. The van der Waals surface area contributed by atoms with E-state index in [9.17, 15) is 8.42 Å². The van der Waals surface area contributed by atoms with Gasteiger partial charge in [0, 0.05) is 30.1 Å². The van der Waals surface area contributed by atoms with Crippen LogP contribution in [0.2, 0.25) is 0 Å². The van der Waals surface area contributed by atoms with E-state index < -0.39 is 10.0 Å². The van der Waals surface area contributed by atoms with Crippen molar-refractivity contribution in [3.8, 4) is 0 Å². The van der Waals surface area contributed by atoms with Gasteiger partial charge >= 0.3 is 0 Å². The van der Waals surface area contributed by atoms with Crippen molar-refractivity contribution in [3.05, 3.63) is 16.3 Å². The molecule has 1 aliphatic rings. The zero-order valence-electron chi connectivity index (χ0n) is 12.2. The molecule has 7 heteroatoms. The Bertz CT molecular complexity index is 540. The van der Waals surface area contributed by atoms with Gasteiger partial charge in [-0.2, -0.15) is 0 Å². The molecule has 0 spiro atoms. The van der Waals surface area contributed by atoms with E-state index in [-0.39, 0.29) is 6.04 Å². The van der Waals surface area contributed by atoms with E-state index >= 15 is 0 Å². The lowest BCUT2D eigenvalue weighted by Gasteiger charge is -2.14. The van der Waals surface area contributed by atoms with Gasteiger partial charge in [0.2, 0.25) is 10.0 Å². The summed E-state index contributed by atoms with van der Waals surface area (Å²) in [6.45, 7) is 6.42. The highest BCUT2D eigenvalue weighted by molar-refractivity contribution is 7.89. The molecule has 0 bridgehead atoms. The van der Waals surface area contributed by atoms with Gasteiger partial charge in [0.05, 0.1) is 4.90 Å². The van der Waals surface area contributed by atoms with Gasteiger partial charge in [0.25, 0.3) is 0 Å². The lowest BCUT2D eigenvalue weighted by Crippen LogP contribution is -2.36. The molecule has 0 amide bonds. The number of nitrogens with one attached hydrogen (secondary N) is 2. The van der Waals surface area contributed by atoms with E-state index in [4.69, 9.17) is 0 Å². The van der Waals surface area contributed by atoms with Crippen molar-refractivity contribution >= 4 is 21.4 Å². The van der Waals surface area contributed by atoms with Crippen molar-refractivity contribution in [2.24, 2.45) is 0 Å². The van der Waals surface area contributed by atoms with E-state index in [1.54, 1.807) is 6.07 Å². The zero-order valence-corrected chi connectivity index (χ0v) is 13.9. The van der Waals surface area contributed by atoms with Gasteiger partial charge in [-0.15, -0.1) is 11.3 Å². The lowest BCUT2D eigenvalue weighted by atomic mass is 10.3. The molecule has 5 nitrogen and oxygen atoms in total. The Morgan fingerprint density at radius 1 is 1.50 bits per heavy atom. The molecule has 0 aliphatic carbocycles. The van der Waals surface area contributed by atoms with Gasteiger partial charge in [-0.05, 0) is 31.5 Å². The smallest absolute Gasteiger partial charge is 0.242 e. The van der Waals surface area contributed by atoms with Crippen LogP contribution < -0.4 is 10.0 Å². The Hall–Kier alpha value is -0.470. The van der Waals surface area contributed by atoms with Crippen molar-refractivity contribution in [3.63, 3.8) is 0 Å². The minimum Gasteiger partial charge on any atom is -0.310 e. The highest BCUT2D eigenvalue weighted by atomic mass is 32.2. The average molecular weight is 317 g/mol. The first kappa shape index (κ1) is 15.9. The molecule has 0 aromatic carbocycles. The largest absolute Gasteiger partial charge is 0.310 e. The minimum absolute atomic E-state index is 0.0239. The first-order valence-corrected chi connectivity index (χ1v) is 9.25. The van der Waals surface area contributed by atoms with Crippen molar-refractivity contribution < 1.29 is 8.42 Å². The molecule has 1 aromatic heterocycles. The summed E-state index contributed by atoms with van der Waals surface area (Å²) in [5, 5.41) is 5.11. The Kier molecular flexibility index (Phi) is 5.19. The summed E-state index contributed by atoms with van der Waals surface area (Å²) in [6.07, 6.45) is 0.874. The number of thiophene rings is 1. The fourth-order valence-corrected chi connectivity index (χ4v) is 4.96. The first-order valence-electron chi connectivity index (χ1n) is 6.89. The second-order valence-electron chi connectivity index (χ2n) is 5.61. The van der Waals surface area contributed by atoms with Crippen LogP contribution in [-0.2, 0) is 16.6 Å². The molecule has 114 valence electrons. The zero-order chi connectivity index (χ0) is 14.8. The number of nitrogens with zero attached hydrogens (tertiary/aromatic N) is 1. The number of sulfonamides is 1. The van der Waals surface area contributed by atoms with Crippen LogP contribution in [0.1, 0.15) is 25.1 Å². The van der Waals surface area contributed by atoms with Gasteiger partial charge < -0.3 is 10.2 Å². The molecule has 2 heterocycles. The number of likely N-dealkylation sites (tertiary alicyclic amines) is 1. The molecule has 1 atom stereocenters. The van der Waals surface area contributed by atoms with Crippen LogP contribution in [0, 0.1) is 0 Å². The summed E-state index contributed by atoms with van der Waals surface area (Å²) in [4.78, 5) is 3.44. The van der Waals surface area contributed by atoms with Crippen LogP contribution in [0.15, 0.2) is 16.3 Å². The number of hydrogen-bond donors (Lipinski definition) is 2. The maximum absolute atomic E-state index is 12.5. The normalized spacial score (nSPS) is 20.9. The number of likely N-dealkylation sites (N-methyl/N-ethyl adjacent to an activating group) is 1. The molecule has 2 N–H and O–H groups in total. The van der Waals surface area contributed by atoms with E-state index in [0.29, 0.717) is 17.5 Å². The van der Waals surface area contributed by atoms with Crippen molar-refractivity contribution in [2.45, 2.75) is 43.8 Å². The summed E-state index contributed by atoms with van der Waals surface area (Å²) >= 11 is 1.48. The van der Waals surface area contributed by atoms with Gasteiger partial charge in [-0.25, -0.2) is 13.1 Å². The van der Waals surface area contributed by atoms with E-state index in [2.05, 4.69) is 14.9 Å². The van der Waals surface area contributed by atoms with Crippen molar-refractivity contribution in [1.82, 2.24) is 14.9 Å². The SMILES string of the molecule is CC(C)NCc1sccc1S(=O)(=O)NC1CCN(C)C1. The molecule has 2 rings (SSSR count). The second kappa shape index (κ2) is 6.53. The summed E-state index contributed by atoms with van der Waals surface area (Å²) in [6, 6.07) is 2.06. The van der Waals surface area contributed by atoms with Gasteiger partial charge in [-0.3, -0.25) is 0 Å². The standard InChI is InChI=1S/C13H23N3O2S2/c1-10(2)14-8-12-13(5-7-19-12)20(17,18)15-11-4-6-16(3)9-11/h5,7,10-11,14-15H,4,6,8-9H2,1-3H3. The van der Waals surface area contributed by atoms with Crippen LogP contribution in [-0.4, -0.2) is 45.5 Å². The monoisotopic (exact) mass is 317 g/mol. The molecule has 1 aliphatic heterocycles. The fourth-order valence-electron chi connectivity index (χ4n) is 2.31. The summed E-state index contributed by atoms with van der Waals surface area (Å²) in [5.74, 6) is 0. The maximum atomic E-state index is 12.5. The van der Waals surface area contributed by atoms with Crippen LogP contribution in [0.4, 0.5) is 0 Å². The average Bonchev–Trinajstić information content (AvgIpc) is 2.95. The van der Waals surface area contributed by atoms with E-state index in [1.807, 2.05) is 26.3 Å². The van der Waals surface area contributed by atoms with Crippen molar-refractivity contribution in [2.75, 3.05) is 20.1 Å². The van der Waals surface area contributed by atoms with Crippen molar-refractivity contribution in [1.29, 1.82) is 0 Å². The number of rotatable bonds is 6. The minimum atomic E-state index is -3.41. The highest BCUT2D eigenvalue weighted by Gasteiger charge is 2.27. The molecule has 1 aromatic rings. The quantitative estimate of drug-likeness (QED) is 0.828. The molecular weight excluding hydrogens is 294 g/mol. The predicted molar refractivity (Wildman–Crippen MR) is 82.5 cm³/mol. The van der Waals surface area contributed by atoms with Crippen LogP contribution in [0.3, 0.4) is 0 Å². The molecular formula is C13H23N3O2S2. The first-order chi connectivity index (χ1) is 9.38. The highest BCUT2D eigenvalue weighted by Crippen LogP contribution is 2.23. The molecule has 20 heavy (non-hydrogen) atoms. The summed E-state index contributed by atoms with van der Waals surface area (Å²) in [7, 11) is -1.40. The van der Waals surface area contributed by atoms with Gasteiger partial charge in [0.15, 0.2) is 0 Å². The Balaban J connectivity index is 2.07. The van der Waals surface area contributed by atoms with Crippen LogP contribution >= 0.6 is 11.3 Å². The van der Waals surface area contributed by atoms with Gasteiger partial charge in [-0.1, -0.05) is 13.8 Å². The third-order valence-corrected chi connectivity index (χ3v) is 6.03. The summed E-state index contributed by atoms with van der Waals surface area (Å²) < 4.78 is 27.8. The lowest BCUT2D eigenvalue weighted by molar-refractivity contribution is 0.407. The third-order valence-electron chi connectivity index (χ3n) is 3.38. The van der Waals surface area contributed by atoms with E-state index in [0.717, 1.165) is 24.4 Å². The third kappa shape index (κ3) is 4.02. The predicted octanol–water partition coefficient (Wildman–Crippen LogP) is 1.23. The molecule has 0 radical (unpaired) electrons. The molecule has 1 fully saturated rings. The topological polar surface area (TPSA) is 61.4 Å². The maximum Gasteiger partial charge on any atom is 0.242 e. The Labute approximate surface area is 125 Å². The van der Waals surface area contributed by atoms with Crippen LogP contribution in [0.5, 0.6) is 0 Å². The van der Waals surface area contributed by atoms with E-state index in [1.165, 1.54) is 11.3 Å². The Morgan fingerprint density at radius 3 is 2.85 bits per heavy atom. The van der Waals surface area contributed by atoms with Crippen LogP contribution in [0.25, 0.3) is 0 Å². The summed E-state index contributed by atoms with van der Waals surface area (Å²) in [5.41, 5.74) is 0. The Morgan fingerprint density at radius 2 is 2.25 bits per heavy atom. The van der Waals surface area contributed by atoms with Gasteiger partial charge in [0.1, 0.15) is 0 Å². The molecule has 1 unspecified atom stereocenters. The fraction of sp³-hybridized carbons (Fsp3) is 0.692. The number of hydrogen-bond acceptors (Lipinski definition) is 5. The second-order valence-corrected chi connectivity index (χ2v) is 8.30.